The lowest BCUT2D eigenvalue weighted by atomic mass is 9.96. The van der Waals surface area contributed by atoms with Crippen LogP contribution < -0.4 is 0 Å². The quantitative estimate of drug-likeness (QED) is 0.143. The van der Waals surface area contributed by atoms with Crippen molar-refractivity contribution in [2.75, 3.05) is 19.8 Å². The molecule has 15 heteroatoms. The van der Waals surface area contributed by atoms with Gasteiger partial charge in [0.15, 0.2) is 37.0 Å². The van der Waals surface area contributed by atoms with Crippen LogP contribution in [0.1, 0.15) is 47.5 Å². The second-order valence-electron chi connectivity index (χ2n) is 9.10. The van der Waals surface area contributed by atoms with E-state index in [1.165, 1.54) is 0 Å². The van der Waals surface area contributed by atoms with Gasteiger partial charge in [-0.25, -0.2) is 0 Å². The summed E-state index contributed by atoms with van der Waals surface area (Å²) < 4.78 is 44.1. The average Bonchev–Trinajstić information content (AvgIpc) is 2.84. The molecule has 0 spiro atoms. The van der Waals surface area contributed by atoms with Crippen LogP contribution in [0.4, 0.5) is 0 Å². The van der Waals surface area contributed by atoms with Crippen LogP contribution in [-0.2, 0) is 57.1 Å². The summed E-state index contributed by atoms with van der Waals surface area (Å²) in [6, 6.07) is 0. The van der Waals surface area contributed by atoms with Crippen molar-refractivity contribution in [2.45, 2.75) is 109 Å². The molecule has 0 bridgehead atoms. The van der Waals surface area contributed by atoms with Gasteiger partial charge in [0.05, 0.1) is 6.61 Å². The smallest absolute Gasteiger partial charge is 0.303 e. The zero-order valence-electron chi connectivity index (χ0n) is 22.5. The number of carbonyl (C=O) groups excluding carboxylic acids is 4. The minimum absolute atomic E-state index is 0.159. The zero-order chi connectivity index (χ0) is 29.3. The second kappa shape index (κ2) is 15.4. The molecule has 2 aliphatic heterocycles. The molecule has 2 heterocycles. The van der Waals surface area contributed by atoms with Crippen LogP contribution in [-0.4, -0.2) is 120 Å². The van der Waals surface area contributed by atoms with E-state index in [2.05, 4.69) is 0 Å². The molecule has 15 nitrogen and oxygen atoms in total. The topological polar surface area (TPSA) is 203 Å². The second-order valence-corrected chi connectivity index (χ2v) is 9.10. The van der Waals surface area contributed by atoms with Crippen molar-refractivity contribution in [3.05, 3.63) is 0 Å². The molecule has 2 aliphatic rings. The van der Waals surface area contributed by atoms with Gasteiger partial charge in [-0.05, 0) is 6.42 Å². The third-order valence-electron chi connectivity index (χ3n) is 5.86. The molecule has 0 aromatic carbocycles. The Hall–Kier alpha value is -2.40. The summed E-state index contributed by atoms with van der Waals surface area (Å²) in [5.74, 6) is -2.99. The van der Waals surface area contributed by atoms with Gasteiger partial charge in [-0.1, -0.05) is 13.3 Å². The van der Waals surface area contributed by atoms with Crippen molar-refractivity contribution in [3.8, 4) is 0 Å². The number of esters is 4. The van der Waals surface area contributed by atoms with E-state index in [1.807, 2.05) is 6.92 Å². The molecule has 224 valence electrons. The SMILES string of the molecule is CCCCO[C@H]1[C@H](OC(C)=O)[C@@H](O[C@H]2[C@@H](OC(C)=O)[C@H](O)[C@H](CO)O[C@@H]2O)O[C@H](COC(C)=O)[C@H]1OC(C)=O. The van der Waals surface area contributed by atoms with Gasteiger partial charge in [0, 0.05) is 34.3 Å². The number of hydrogen-bond donors (Lipinski definition) is 3. The Morgan fingerprint density at radius 3 is 1.87 bits per heavy atom. The van der Waals surface area contributed by atoms with Crippen molar-refractivity contribution in [1.82, 2.24) is 0 Å². The number of hydrogen-bond acceptors (Lipinski definition) is 15. The fraction of sp³-hybridized carbons (Fsp3) is 0.833. The zero-order valence-corrected chi connectivity index (χ0v) is 22.5. The van der Waals surface area contributed by atoms with Gasteiger partial charge in [0.1, 0.15) is 31.0 Å². The maximum atomic E-state index is 12.1. The number of rotatable bonds is 12. The Balaban J connectivity index is 2.49. The standard InChI is InChI=1S/C24H38O15/c1-6-7-8-32-20-18(34-12(3)27)16(10-33-11(2)26)38-24(22(20)36-14(5)29)39-21-19(35-13(4)28)17(30)15(9-25)37-23(21)31/h15-25,30-31H,6-10H2,1-5H3/t15-,16+,17+,18+,19-,20+,21-,22-,23-,24+/m0/s1. The molecular formula is C24H38O15. The molecule has 10 atom stereocenters. The van der Waals surface area contributed by atoms with E-state index in [4.69, 9.17) is 37.9 Å². The fourth-order valence-corrected chi connectivity index (χ4v) is 4.21. The Morgan fingerprint density at radius 1 is 0.744 bits per heavy atom. The summed E-state index contributed by atoms with van der Waals surface area (Å²) in [5.41, 5.74) is 0. The number of aliphatic hydroxyl groups excluding tert-OH is 3. The van der Waals surface area contributed by atoms with Crippen LogP contribution in [0.5, 0.6) is 0 Å². The van der Waals surface area contributed by atoms with E-state index in [0.717, 1.165) is 34.1 Å². The summed E-state index contributed by atoms with van der Waals surface area (Å²) in [7, 11) is 0. The molecule has 0 amide bonds. The normalized spacial score (nSPS) is 34.6. The van der Waals surface area contributed by atoms with E-state index in [9.17, 15) is 34.5 Å². The largest absolute Gasteiger partial charge is 0.463 e. The highest BCUT2D eigenvalue weighted by Gasteiger charge is 2.55. The Bertz CT molecular complexity index is 834. The molecule has 39 heavy (non-hydrogen) atoms. The van der Waals surface area contributed by atoms with Crippen LogP contribution >= 0.6 is 0 Å². The summed E-state index contributed by atoms with van der Waals surface area (Å²) in [4.78, 5) is 47.3. The Labute approximate surface area is 225 Å². The lowest BCUT2D eigenvalue weighted by molar-refractivity contribution is -0.365. The minimum Gasteiger partial charge on any atom is -0.463 e. The Morgan fingerprint density at radius 2 is 1.33 bits per heavy atom. The van der Waals surface area contributed by atoms with Gasteiger partial charge in [0.25, 0.3) is 0 Å². The lowest BCUT2D eigenvalue weighted by Gasteiger charge is -2.47. The summed E-state index contributed by atoms with van der Waals surface area (Å²) in [5, 5.41) is 30.7. The van der Waals surface area contributed by atoms with E-state index >= 15 is 0 Å². The van der Waals surface area contributed by atoms with Gasteiger partial charge >= 0.3 is 23.9 Å². The first-order chi connectivity index (χ1) is 18.4. The van der Waals surface area contributed by atoms with Gasteiger partial charge in [-0.2, -0.15) is 0 Å². The highest BCUT2D eigenvalue weighted by molar-refractivity contribution is 5.67. The number of aliphatic hydroxyl groups is 3. The first-order valence-electron chi connectivity index (χ1n) is 12.6. The molecule has 0 saturated carbocycles. The number of unbranched alkanes of at least 4 members (excludes halogenated alkanes) is 1. The van der Waals surface area contributed by atoms with Gasteiger partial charge < -0.3 is 53.2 Å². The molecule has 0 aromatic heterocycles. The van der Waals surface area contributed by atoms with Crippen molar-refractivity contribution in [1.29, 1.82) is 0 Å². The van der Waals surface area contributed by atoms with E-state index in [0.29, 0.717) is 6.42 Å². The summed E-state index contributed by atoms with van der Waals surface area (Å²) in [6.07, 6.45) is -13.2. The monoisotopic (exact) mass is 566 g/mol. The molecule has 2 rings (SSSR count). The maximum Gasteiger partial charge on any atom is 0.303 e. The Kier molecular flexibility index (Phi) is 13.0. The lowest BCUT2D eigenvalue weighted by Crippen LogP contribution is -2.66. The van der Waals surface area contributed by atoms with Gasteiger partial charge in [-0.15, -0.1) is 0 Å². The number of ether oxygens (including phenoxy) is 8. The maximum absolute atomic E-state index is 12.1. The predicted molar refractivity (Wildman–Crippen MR) is 125 cm³/mol. The number of carbonyl (C=O) groups is 4. The van der Waals surface area contributed by atoms with Crippen molar-refractivity contribution in [2.24, 2.45) is 0 Å². The molecule has 0 aromatic rings. The van der Waals surface area contributed by atoms with E-state index < -0.39 is 98.5 Å². The van der Waals surface area contributed by atoms with Crippen LogP contribution in [0, 0.1) is 0 Å². The minimum atomic E-state index is -1.84. The molecule has 3 N–H and O–H groups in total. The molecule has 2 fully saturated rings. The van der Waals surface area contributed by atoms with Crippen molar-refractivity contribution in [3.63, 3.8) is 0 Å². The van der Waals surface area contributed by atoms with E-state index in [1.54, 1.807) is 0 Å². The van der Waals surface area contributed by atoms with Crippen LogP contribution in [0.15, 0.2) is 0 Å². The van der Waals surface area contributed by atoms with Crippen molar-refractivity contribution < 1.29 is 72.4 Å². The first kappa shape index (κ1) is 32.8. The molecule has 2 saturated heterocycles. The van der Waals surface area contributed by atoms with E-state index in [-0.39, 0.29) is 6.61 Å². The summed E-state index contributed by atoms with van der Waals surface area (Å²) >= 11 is 0. The third kappa shape index (κ3) is 9.34. The highest BCUT2D eigenvalue weighted by Crippen LogP contribution is 2.33. The van der Waals surface area contributed by atoms with Gasteiger partial charge in [0.2, 0.25) is 0 Å². The summed E-state index contributed by atoms with van der Waals surface area (Å²) in [6.45, 7) is 5.43. The van der Waals surface area contributed by atoms with Crippen LogP contribution in [0.2, 0.25) is 0 Å². The molecule has 0 radical (unpaired) electrons. The average molecular weight is 567 g/mol. The predicted octanol–water partition coefficient (Wildman–Crippen LogP) is -1.29. The molecular weight excluding hydrogens is 528 g/mol. The highest BCUT2D eigenvalue weighted by atomic mass is 16.8. The van der Waals surface area contributed by atoms with Crippen molar-refractivity contribution >= 4 is 23.9 Å². The third-order valence-corrected chi connectivity index (χ3v) is 5.86. The van der Waals surface area contributed by atoms with Gasteiger partial charge in [-0.3, -0.25) is 19.2 Å². The van der Waals surface area contributed by atoms with Crippen LogP contribution in [0.25, 0.3) is 0 Å². The first-order valence-corrected chi connectivity index (χ1v) is 12.6. The fourth-order valence-electron chi connectivity index (χ4n) is 4.21. The van der Waals surface area contributed by atoms with Crippen LogP contribution in [0.3, 0.4) is 0 Å². The molecule has 0 aliphatic carbocycles. The molecule has 0 unspecified atom stereocenters.